The lowest BCUT2D eigenvalue weighted by Gasteiger charge is -2.11. The Bertz CT molecular complexity index is 1070. The Morgan fingerprint density at radius 3 is 2.90 bits per heavy atom. The molecule has 150 valence electrons. The Labute approximate surface area is 176 Å². The number of nitrogens with zero attached hydrogens (tertiary/aromatic N) is 3. The van der Waals surface area contributed by atoms with E-state index in [1.165, 1.54) is 31.0 Å². The van der Waals surface area contributed by atoms with Crippen molar-refractivity contribution >= 4 is 40.6 Å². The molecular weight excluding hydrogens is 416 g/mol. The predicted molar refractivity (Wildman–Crippen MR) is 112 cm³/mol. The quantitative estimate of drug-likeness (QED) is 0.335. The van der Waals surface area contributed by atoms with Crippen molar-refractivity contribution in [2.24, 2.45) is 0 Å². The third-order valence-corrected chi connectivity index (χ3v) is 5.49. The normalized spacial score (nSPS) is 10.6. The number of hydrogen-bond acceptors (Lipinski definition) is 6. The third-order valence-electron chi connectivity index (χ3n) is 4.11. The molecule has 0 aliphatic rings. The van der Waals surface area contributed by atoms with Crippen LogP contribution in [0.15, 0.2) is 53.9 Å². The lowest BCUT2D eigenvalue weighted by molar-refractivity contribution is -0.384. The van der Waals surface area contributed by atoms with Crippen LogP contribution in [0.2, 0.25) is 5.02 Å². The van der Waals surface area contributed by atoms with Crippen molar-refractivity contribution < 1.29 is 14.5 Å². The summed E-state index contributed by atoms with van der Waals surface area (Å²) < 4.78 is 6.84. The molecule has 0 saturated carbocycles. The maximum Gasteiger partial charge on any atom is 0.296 e. The molecule has 2 aromatic carbocycles. The molecule has 0 aliphatic carbocycles. The highest BCUT2D eigenvalue weighted by Crippen LogP contribution is 2.30. The van der Waals surface area contributed by atoms with E-state index in [9.17, 15) is 14.9 Å². The molecule has 0 unspecified atom stereocenters. The molecule has 0 bridgehead atoms. The van der Waals surface area contributed by atoms with Crippen LogP contribution in [-0.4, -0.2) is 33.2 Å². The average Bonchev–Trinajstić information content (AvgIpc) is 3.17. The number of amides is 1. The number of methoxy groups -OCH3 is 1. The molecule has 0 atom stereocenters. The zero-order valence-electron chi connectivity index (χ0n) is 15.6. The Morgan fingerprint density at radius 1 is 1.38 bits per heavy atom. The van der Waals surface area contributed by atoms with E-state index in [1.54, 1.807) is 24.5 Å². The van der Waals surface area contributed by atoms with E-state index in [1.807, 2.05) is 23.6 Å². The monoisotopic (exact) mass is 432 g/mol. The minimum atomic E-state index is -0.570. The maximum atomic E-state index is 12.4. The molecule has 10 heteroatoms. The van der Waals surface area contributed by atoms with Gasteiger partial charge in [0.25, 0.3) is 5.69 Å². The highest BCUT2D eigenvalue weighted by molar-refractivity contribution is 7.99. The second kappa shape index (κ2) is 8.97. The lowest BCUT2D eigenvalue weighted by atomic mass is 10.2. The molecule has 1 aromatic heterocycles. The zero-order valence-corrected chi connectivity index (χ0v) is 17.2. The number of halogens is 1. The van der Waals surface area contributed by atoms with E-state index in [2.05, 4.69) is 10.3 Å². The molecule has 0 radical (unpaired) electrons. The third kappa shape index (κ3) is 4.69. The number of nitro benzene ring substituents is 1. The molecule has 1 heterocycles. The first kappa shape index (κ1) is 20.7. The molecule has 0 aliphatic heterocycles. The van der Waals surface area contributed by atoms with Crippen molar-refractivity contribution in [1.29, 1.82) is 0 Å². The summed E-state index contributed by atoms with van der Waals surface area (Å²) in [7, 11) is 1.41. The largest absolute Gasteiger partial charge is 0.496 e. The summed E-state index contributed by atoms with van der Waals surface area (Å²) >= 11 is 7.41. The van der Waals surface area contributed by atoms with Crippen molar-refractivity contribution in [3.63, 3.8) is 0 Å². The number of anilines is 1. The summed E-state index contributed by atoms with van der Waals surface area (Å²) in [5.74, 6) is -0.0246. The summed E-state index contributed by atoms with van der Waals surface area (Å²) in [6, 6.07) is 9.80. The number of rotatable bonds is 7. The number of aromatic nitrogens is 2. The first-order valence-electron chi connectivity index (χ1n) is 8.44. The highest BCUT2D eigenvalue weighted by atomic mass is 35.5. The highest BCUT2D eigenvalue weighted by Gasteiger charge is 2.18. The van der Waals surface area contributed by atoms with Crippen LogP contribution in [0.1, 0.15) is 5.56 Å². The van der Waals surface area contributed by atoms with Crippen LogP contribution in [-0.2, 0) is 4.79 Å². The number of thioether (sulfide) groups is 1. The molecule has 1 amide bonds. The Kier molecular flexibility index (Phi) is 6.40. The van der Waals surface area contributed by atoms with Crippen molar-refractivity contribution in [2.45, 2.75) is 12.1 Å². The number of nitrogens with one attached hydrogen (secondary N) is 1. The van der Waals surface area contributed by atoms with Gasteiger partial charge in [-0.25, -0.2) is 4.98 Å². The van der Waals surface area contributed by atoms with Crippen molar-refractivity contribution in [3.05, 3.63) is 69.5 Å². The van der Waals surface area contributed by atoms with E-state index in [-0.39, 0.29) is 23.0 Å². The van der Waals surface area contributed by atoms with Crippen LogP contribution in [0.4, 0.5) is 11.4 Å². The van der Waals surface area contributed by atoms with Gasteiger partial charge in [-0.2, -0.15) is 0 Å². The minimum Gasteiger partial charge on any atom is -0.496 e. The molecule has 8 nitrogen and oxygen atoms in total. The van der Waals surface area contributed by atoms with Crippen molar-refractivity contribution in [3.8, 4) is 11.4 Å². The summed E-state index contributed by atoms with van der Waals surface area (Å²) in [5.41, 5.74) is 1.63. The Balaban J connectivity index is 1.73. The first-order valence-corrected chi connectivity index (χ1v) is 9.81. The second-order valence-corrected chi connectivity index (χ2v) is 7.29. The van der Waals surface area contributed by atoms with Gasteiger partial charge in [0.05, 0.1) is 29.5 Å². The van der Waals surface area contributed by atoms with Gasteiger partial charge in [0.15, 0.2) is 5.16 Å². The molecule has 0 fully saturated rings. The molecule has 3 aromatic rings. The van der Waals surface area contributed by atoms with Gasteiger partial charge in [0.2, 0.25) is 5.91 Å². The Morgan fingerprint density at radius 2 is 2.17 bits per heavy atom. The summed E-state index contributed by atoms with van der Waals surface area (Å²) in [5, 5.41) is 15.1. The second-order valence-electron chi connectivity index (χ2n) is 5.94. The molecule has 3 rings (SSSR count). The van der Waals surface area contributed by atoms with E-state index >= 15 is 0 Å². The van der Waals surface area contributed by atoms with E-state index < -0.39 is 4.92 Å². The van der Waals surface area contributed by atoms with Crippen molar-refractivity contribution in [1.82, 2.24) is 9.55 Å². The SMILES string of the molecule is COc1ccc(NC(=O)CSc2nccn2-c2cccc(Cl)c2C)c([N+](=O)[O-])c1. The summed E-state index contributed by atoms with van der Waals surface area (Å²) in [4.78, 5) is 27.3. The van der Waals surface area contributed by atoms with E-state index in [0.717, 1.165) is 11.3 Å². The molecule has 0 saturated heterocycles. The van der Waals surface area contributed by atoms with Crippen LogP contribution in [0, 0.1) is 17.0 Å². The van der Waals surface area contributed by atoms with Gasteiger partial charge in [0, 0.05) is 17.4 Å². The fourth-order valence-electron chi connectivity index (χ4n) is 2.65. The first-order chi connectivity index (χ1) is 13.9. The number of ether oxygens (including phenoxy) is 1. The fraction of sp³-hybridized carbons (Fsp3) is 0.158. The molecule has 29 heavy (non-hydrogen) atoms. The number of carbonyl (C=O) groups is 1. The van der Waals surface area contributed by atoms with Gasteiger partial charge in [0.1, 0.15) is 11.4 Å². The van der Waals surface area contributed by atoms with Gasteiger partial charge < -0.3 is 10.1 Å². The standard InChI is InChI=1S/C19H17ClN4O4S/c1-12-14(20)4-3-5-16(12)23-9-8-21-19(23)29-11-18(25)22-15-7-6-13(28-2)10-17(15)24(26)27/h3-10H,11H2,1-2H3,(H,22,25). The van der Waals surface area contributed by atoms with Crippen LogP contribution >= 0.6 is 23.4 Å². The van der Waals surface area contributed by atoms with E-state index in [0.29, 0.717) is 15.9 Å². The molecule has 0 spiro atoms. The number of benzene rings is 2. The maximum absolute atomic E-state index is 12.4. The van der Waals surface area contributed by atoms with Gasteiger partial charge >= 0.3 is 0 Å². The van der Waals surface area contributed by atoms with Crippen LogP contribution in [0.3, 0.4) is 0 Å². The van der Waals surface area contributed by atoms with Gasteiger partial charge in [-0.1, -0.05) is 29.4 Å². The minimum absolute atomic E-state index is 0.0276. The lowest BCUT2D eigenvalue weighted by Crippen LogP contribution is -2.15. The fourth-order valence-corrected chi connectivity index (χ4v) is 3.58. The van der Waals surface area contributed by atoms with Gasteiger partial charge in [-0.15, -0.1) is 0 Å². The predicted octanol–water partition coefficient (Wildman–Crippen LogP) is 4.48. The summed E-state index contributed by atoms with van der Waals surface area (Å²) in [6.45, 7) is 1.90. The molecular formula is C19H17ClN4O4S. The average molecular weight is 433 g/mol. The van der Waals surface area contributed by atoms with Gasteiger partial charge in [-0.3, -0.25) is 19.5 Å². The van der Waals surface area contributed by atoms with Crippen LogP contribution in [0.25, 0.3) is 5.69 Å². The smallest absolute Gasteiger partial charge is 0.296 e. The Hall–Kier alpha value is -3.04. The van der Waals surface area contributed by atoms with Gasteiger partial charge in [-0.05, 0) is 36.8 Å². The van der Waals surface area contributed by atoms with E-state index in [4.69, 9.17) is 16.3 Å². The number of hydrogen-bond donors (Lipinski definition) is 1. The van der Waals surface area contributed by atoms with Crippen molar-refractivity contribution in [2.75, 3.05) is 18.2 Å². The molecule has 1 N–H and O–H groups in total. The number of imidazole rings is 1. The van der Waals surface area contributed by atoms with Crippen LogP contribution < -0.4 is 10.1 Å². The number of carbonyl (C=O) groups excluding carboxylic acids is 1. The number of nitro groups is 1. The zero-order chi connectivity index (χ0) is 21.0. The van der Waals surface area contributed by atoms with Crippen LogP contribution in [0.5, 0.6) is 5.75 Å². The topological polar surface area (TPSA) is 99.3 Å². The summed E-state index contributed by atoms with van der Waals surface area (Å²) in [6.07, 6.45) is 3.42.